The zero-order valence-corrected chi connectivity index (χ0v) is 20.3. The number of hydrogen-bond acceptors (Lipinski definition) is 4. The first kappa shape index (κ1) is 22.4. The zero-order chi connectivity index (χ0) is 22.8. The molecule has 1 amide bonds. The lowest BCUT2D eigenvalue weighted by Gasteiger charge is -2.15. The van der Waals surface area contributed by atoms with E-state index in [0.717, 1.165) is 26.7 Å². The third-order valence-electron chi connectivity index (χ3n) is 5.13. The van der Waals surface area contributed by atoms with Gasteiger partial charge in [-0.2, -0.15) is 0 Å². The van der Waals surface area contributed by atoms with Crippen LogP contribution in [-0.2, 0) is 6.61 Å². The molecule has 4 rings (SSSR count). The first-order valence-corrected chi connectivity index (χ1v) is 11.4. The fraction of sp³-hybridized carbons (Fsp3) is 0.200. The fourth-order valence-corrected chi connectivity index (χ4v) is 4.02. The van der Waals surface area contributed by atoms with Crippen molar-refractivity contribution in [3.8, 4) is 5.75 Å². The van der Waals surface area contributed by atoms with Gasteiger partial charge in [-0.3, -0.25) is 9.78 Å². The molecule has 2 aromatic heterocycles. The molecule has 1 N–H and O–H groups in total. The maximum Gasteiger partial charge on any atom is 0.291 e. The van der Waals surface area contributed by atoms with E-state index in [-0.39, 0.29) is 24.2 Å². The van der Waals surface area contributed by atoms with Gasteiger partial charge in [0.2, 0.25) is 0 Å². The largest absolute Gasteiger partial charge is 0.485 e. The average Bonchev–Trinajstić information content (AvgIpc) is 3.25. The average molecular weight is 514 g/mol. The minimum absolute atomic E-state index is 0.201. The number of nitrogens with one attached hydrogen (secondary N) is 1. The molecule has 0 aliphatic carbocycles. The molecular weight excluding hydrogens is 492 g/mol. The SMILES string of the molecule is Cc1cc(OCc2ccc(C(=O)Nc3ccc(Br)c4cccnc34)o2)c(C(C)C)cc1Cl. The summed E-state index contributed by atoms with van der Waals surface area (Å²) < 4.78 is 12.7. The summed E-state index contributed by atoms with van der Waals surface area (Å²) in [6.45, 7) is 6.32. The van der Waals surface area contributed by atoms with Crippen LogP contribution in [0.3, 0.4) is 0 Å². The Morgan fingerprint density at radius 1 is 1.22 bits per heavy atom. The molecule has 0 radical (unpaired) electrons. The molecule has 0 atom stereocenters. The molecule has 5 nitrogen and oxygen atoms in total. The summed E-state index contributed by atoms with van der Waals surface area (Å²) >= 11 is 9.78. The number of halogens is 2. The van der Waals surface area contributed by atoms with Crippen LogP contribution in [0.1, 0.15) is 47.2 Å². The van der Waals surface area contributed by atoms with Gasteiger partial charge in [0.05, 0.1) is 11.2 Å². The van der Waals surface area contributed by atoms with Crippen molar-refractivity contribution in [2.75, 3.05) is 5.32 Å². The first-order chi connectivity index (χ1) is 15.3. The number of amides is 1. The van der Waals surface area contributed by atoms with Crippen molar-refractivity contribution in [1.29, 1.82) is 0 Å². The van der Waals surface area contributed by atoms with Crippen molar-refractivity contribution in [1.82, 2.24) is 4.98 Å². The van der Waals surface area contributed by atoms with Crippen molar-refractivity contribution in [2.24, 2.45) is 0 Å². The van der Waals surface area contributed by atoms with Gasteiger partial charge in [-0.1, -0.05) is 47.4 Å². The fourth-order valence-electron chi connectivity index (χ4n) is 3.40. The Bertz CT molecular complexity index is 1300. The number of anilines is 1. The normalized spacial score (nSPS) is 11.2. The monoisotopic (exact) mass is 512 g/mol. The Labute approximate surface area is 199 Å². The Morgan fingerprint density at radius 2 is 2.03 bits per heavy atom. The molecule has 0 aliphatic heterocycles. The van der Waals surface area contributed by atoms with Crippen molar-refractivity contribution < 1.29 is 13.9 Å². The number of nitrogens with zero attached hydrogens (tertiary/aromatic N) is 1. The summed E-state index contributed by atoms with van der Waals surface area (Å²) in [5, 5.41) is 4.51. The molecule has 164 valence electrons. The summed E-state index contributed by atoms with van der Waals surface area (Å²) in [6, 6.07) is 14.7. The molecule has 0 saturated heterocycles. The van der Waals surface area contributed by atoms with E-state index in [2.05, 4.69) is 40.1 Å². The molecular formula is C25H22BrClN2O3. The molecule has 0 saturated carbocycles. The van der Waals surface area contributed by atoms with Crippen LogP contribution >= 0.6 is 27.5 Å². The minimum atomic E-state index is -0.351. The van der Waals surface area contributed by atoms with Crippen molar-refractivity contribution >= 4 is 50.0 Å². The van der Waals surface area contributed by atoms with Crippen LogP contribution in [0.15, 0.2) is 63.6 Å². The molecule has 0 fully saturated rings. The predicted octanol–water partition coefficient (Wildman–Crippen LogP) is 7.51. The number of hydrogen-bond donors (Lipinski definition) is 1. The van der Waals surface area contributed by atoms with Crippen LogP contribution in [0.2, 0.25) is 5.02 Å². The minimum Gasteiger partial charge on any atom is -0.485 e. The van der Waals surface area contributed by atoms with Gasteiger partial charge < -0.3 is 14.5 Å². The highest BCUT2D eigenvalue weighted by Crippen LogP contribution is 2.33. The van der Waals surface area contributed by atoms with Crippen molar-refractivity contribution in [2.45, 2.75) is 33.3 Å². The number of rotatable bonds is 6. The summed E-state index contributed by atoms with van der Waals surface area (Å²) in [5.74, 6) is 1.42. The van der Waals surface area contributed by atoms with Gasteiger partial charge in [-0.05, 0) is 66.4 Å². The summed E-state index contributed by atoms with van der Waals surface area (Å²) in [5.41, 5.74) is 3.28. The molecule has 0 aliphatic rings. The van der Waals surface area contributed by atoms with Crippen LogP contribution in [-0.4, -0.2) is 10.9 Å². The van der Waals surface area contributed by atoms with Crippen LogP contribution in [0.25, 0.3) is 10.9 Å². The van der Waals surface area contributed by atoms with Gasteiger partial charge in [0.1, 0.15) is 18.1 Å². The molecule has 7 heteroatoms. The summed E-state index contributed by atoms with van der Waals surface area (Å²) in [6.07, 6.45) is 1.69. The van der Waals surface area contributed by atoms with Crippen LogP contribution in [0.4, 0.5) is 5.69 Å². The second-order valence-corrected chi connectivity index (χ2v) is 9.06. The highest BCUT2D eigenvalue weighted by atomic mass is 79.9. The smallest absolute Gasteiger partial charge is 0.291 e. The van der Waals surface area contributed by atoms with Gasteiger partial charge in [0, 0.05) is 21.1 Å². The lowest BCUT2D eigenvalue weighted by molar-refractivity contribution is 0.0992. The Kier molecular flexibility index (Phi) is 6.53. The van der Waals surface area contributed by atoms with E-state index < -0.39 is 0 Å². The highest BCUT2D eigenvalue weighted by molar-refractivity contribution is 9.10. The molecule has 4 aromatic rings. The number of carbonyl (C=O) groups excluding carboxylic acids is 1. The molecule has 0 bridgehead atoms. The molecule has 32 heavy (non-hydrogen) atoms. The number of aromatic nitrogens is 1. The van der Waals surface area contributed by atoms with E-state index in [0.29, 0.717) is 22.0 Å². The molecule has 2 heterocycles. The highest BCUT2D eigenvalue weighted by Gasteiger charge is 2.16. The second-order valence-electron chi connectivity index (χ2n) is 7.80. The number of pyridine rings is 1. The van der Waals surface area contributed by atoms with E-state index in [1.807, 2.05) is 37.3 Å². The van der Waals surface area contributed by atoms with Gasteiger partial charge in [-0.25, -0.2) is 0 Å². The number of benzene rings is 2. The third-order valence-corrected chi connectivity index (χ3v) is 6.23. The quantitative estimate of drug-likeness (QED) is 0.290. The van der Waals surface area contributed by atoms with E-state index >= 15 is 0 Å². The topological polar surface area (TPSA) is 64.4 Å². The summed E-state index contributed by atoms with van der Waals surface area (Å²) in [7, 11) is 0. The zero-order valence-electron chi connectivity index (χ0n) is 17.9. The molecule has 0 spiro atoms. The van der Waals surface area contributed by atoms with E-state index in [9.17, 15) is 4.79 Å². The van der Waals surface area contributed by atoms with Crippen molar-refractivity contribution in [3.05, 3.63) is 86.9 Å². The number of fused-ring (bicyclic) bond motifs is 1. The van der Waals surface area contributed by atoms with Gasteiger partial charge in [0.15, 0.2) is 5.76 Å². The number of ether oxygens (including phenoxy) is 1. The maximum atomic E-state index is 12.8. The van der Waals surface area contributed by atoms with E-state index in [4.69, 9.17) is 20.8 Å². The van der Waals surface area contributed by atoms with Crippen LogP contribution in [0.5, 0.6) is 5.75 Å². The first-order valence-electron chi connectivity index (χ1n) is 10.2. The second kappa shape index (κ2) is 9.35. The lowest BCUT2D eigenvalue weighted by atomic mass is 10.0. The lowest BCUT2D eigenvalue weighted by Crippen LogP contribution is -2.11. The van der Waals surface area contributed by atoms with E-state index in [1.165, 1.54) is 0 Å². The van der Waals surface area contributed by atoms with E-state index in [1.54, 1.807) is 24.4 Å². The Morgan fingerprint density at radius 3 is 2.81 bits per heavy atom. The van der Waals surface area contributed by atoms with Crippen molar-refractivity contribution in [3.63, 3.8) is 0 Å². The van der Waals surface area contributed by atoms with Crippen LogP contribution in [0, 0.1) is 6.92 Å². The number of aryl methyl sites for hydroxylation is 1. The van der Waals surface area contributed by atoms with Gasteiger partial charge in [-0.15, -0.1) is 0 Å². The van der Waals surface area contributed by atoms with Crippen LogP contribution < -0.4 is 10.1 Å². The molecule has 0 unspecified atom stereocenters. The Hall–Kier alpha value is -2.83. The van der Waals surface area contributed by atoms with Gasteiger partial charge >= 0.3 is 0 Å². The standard InChI is InChI=1S/C25H22BrClN2O3/c1-14(2)18-12-20(27)15(3)11-23(18)31-13-16-6-9-22(32-16)25(30)29-21-8-7-19(26)17-5-4-10-28-24(17)21/h4-12,14H,13H2,1-3H3,(H,29,30). The molecule has 2 aromatic carbocycles. The number of carbonyl (C=O) groups is 1. The predicted molar refractivity (Wildman–Crippen MR) is 131 cm³/mol. The van der Waals surface area contributed by atoms with Gasteiger partial charge in [0.25, 0.3) is 5.91 Å². The number of furan rings is 1. The third kappa shape index (κ3) is 4.66. The Balaban J connectivity index is 1.49. The summed E-state index contributed by atoms with van der Waals surface area (Å²) in [4.78, 5) is 17.1. The maximum absolute atomic E-state index is 12.8.